The molecule has 0 saturated carbocycles. The van der Waals surface area contributed by atoms with Gasteiger partial charge in [-0.2, -0.15) is 4.80 Å². The molecule has 0 radical (unpaired) electrons. The van der Waals surface area contributed by atoms with Crippen molar-refractivity contribution < 1.29 is 13.9 Å². The van der Waals surface area contributed by atoms with Crippen molar-refractivity contribution >= 4 is 0 Å². The molecular weight excluding hydrogens is 242 g/mol. The minimum absolute atomic E-state index is 0.00183. The molecule has 18 heavy (non-hydrogen) atoms. The van der Waals surface area contributed by atoms with E-state index >= 15 is 0 Å². The largest absolute Gasteiger partial charge is 0.392 e. The van der Waals surface area contributed by atoms with Crippen molar-refractivity contribution in [2.75, 3.05) is 0 Å². The van der Waals surface area contributed by atoms with Crippen LogP contribution in [0, 0.1) is 11.6 Å². The summed E-state index contributed by atoms with van der Waals surface area (Å²) in [6.07, 6.45) is -0.739. The molecule has 1 N–H and O–H groups in total. The van der Waals surface area contributed by atoms with Crippen molar-refractivity contribution in [2.24, 2.45) is 7.05 Å². The topological polar surface area (TPSA) is 63.8 Å². The van der Waals surface area contributed by atoms with Gasteiger partial charge in [0.2, 0.25) is 0 Å². The first-order chi connectivity index (χ1) is 8.56. The van der Waals surface area contributed by atoms with Gasteiger partial charge in [0.25, 0.3) is 0 Å². The average Bonchev–Trinajstić information content (AvgIpc) is 2.70. The summed E-state index contributed by atoms with van der Waals surface area (Å²) in [4.78, 5) is 1.27. The Morgan fingerprint density at radius 1 is 1.33 bits per heavy atom. The summed E-state index contributed by atoms with van der Waals surface area (Å²) in [5.41, 5.74) is 0.131. The highest BCUT2D eigenvalue weighted by Crippen LogP contribution is 2.14. The standard InChI is InChI=1S/C11H12F2N4O/c1-17-15-10(14-16-17)6-8(18)5-7-3-2-4-9(12)11(7)13/h2-4,8,18H,5-6H2,1H3. The Balaban J connectivity index is 2.03. The molecule has 0 aliphatic rings. The smallest absolute Gasteiger partial charge is 0.177 e. The Bertz CT molecular complexity index is 544. The number of nitrogens with zero attached hydrogens (tertiary/aromatic N) is 4. The molecule has 2 rings (SSSR count). The van der Waals surface area contributed by atoms with E-state index in [4.69, 9.17) is 0 Å². The highest BCUT2D eigenvalue weighted by molar-refractivity contribution is 5.19. The molecule has 1 unspecified atom stereocenters. The molecule has 1 atom stereocenters. The van der Waals surface area contributed by atoms with Crippen molar-refractivity contribution in [3.05, 3.63) is 41.2 Å². The summed E-state index contributed by atoms with van der Waals surface area (Å²) in [7, 11) is 1.61. The molecule has 2 aromatic rings. The first-order valence-electron chi connectivity index (χ1n) is 5.40. The maximum absolute atomic E-state index is 13.4. The maximum Gasteiger partial charge on any atom is 0.177 e. The monoisotopic (exact) mass is 254 g/mol. The highest BCUT2D eigenvalue weighted by Gasteiger charge is 2.14. The molecule has 5 nitrogen and oxygen atoms in total. The molecule has 0 spiro atoms. The Kier molecular flexibility index (Phi) is 3.61. The van der Waals surface area contributed by atoms with Crippen LogP contribution in [0.25, 0.3) is 0 Å². The van der Waals surface area contributed by atoms with Gasteiger partial charge in [-0.15, -0.1) is 10.2 Å². The van der Waals surface area contributed by atoms with Crippen LogP contribution in [0.3, 0.4) is 0 Å². The van der Waals surface area contributed by atoms with Gasteiger partial charge in [-0.25, -0.2) is 8.78 Å². The van der Waals surface area contributed by atoms with E-state index in [0.717, 1.165) is 6.07 Å². The summed E-state index contributed by atoms with van der Waals surface area (Å²) >= 11 is 0. The lowest BCUT2D eigenvalue weighted by Crippen LogP contribution is -2.16. The Morgan fingerprint density at radius 3 is 2.78 bits per heavy atom. The number of aliphatic hydroxyl groups excluding tert-OH is 1. The zero-order valence-corrected chi connectivity index (χ0v) is 9.72. The quantitative estimate of drug-likeness (QED) is 0.869. The number of halogens is 2. The van der Waals surface area contributed by atoms with E-state index in [2.05, 4.69) is 15.4 Å². The third-order valence-electron chi connectivity index (χ3n) is 2.46. The molecule has 0 aliphatic heterocycles. The fourth-order valence-corrected chi connectivity index (χ4v) is 1.65. The third kappa shape index (κ3) is 2.86. The highest BCUT2D eigenvalue weighted by atomic mass is 19.2. The number of aryl methyl sites for hydroxylation is 1. The molecule has 0 saturated heterocycles. The van der Waals surface area contributed by atoms with E-state index in [-0.39, 0.29) is 18.4 Å². The zero-order chi connectivity index (χ0) is 13.1. The molecular formula is C11H12F2N4O. The maximum atomic E-state index is 13.4. The Hall–Kier alpha value is -1.89. The van der Waals surface area contributed by atoms with Gasteiger partial charge in [0.15, 0.2) is 17.5 Å². The minimum atomic E-state index is -0.927. The number of rotatable bonds is 4. The SMILES string of the molecule is Cn1nnc(CC(O)Cc2cccc(F)c2F)n1. The Morgan fingerprint density at radius 2 is 2.11 bits per heavy atom. The van der Waals surface area contributed by atoms with Gasteiger partial charge in [-0.1, -0.05) is 12.1 Å². The number of benzene rings is 1. The van der Waals surface area contributed by atoms with Crippen LogP contribution in [0.2, 0.25) is 0 Å². The van der Waals surface area contributed by atoms with Gasteiger partial charge >= 0.3 is 0 Å². The predicted octanol–water partition coefficient (Wildman–Crippen LogP) is 0.634. The molecule has 1 aromatic heterocycles. The summed E-state index contributed by atoms with van der Waals surface area (Å²) in [6, 6.07) is 3.88. The summed E-state index contributed by atoms with van der Waals surface area (Å²) < 4.78 is 26.3. The first kappa shape index (κ1) is 12.6. The Labute approximate surface area is 102 Å². The van der Waals surface area contributed by atoms with Crippen LogP contribution in [0.4, 0.5) is 8.78 Å². The summed E-state index contributed by atoms with van der Waals surface area (Å²) in [5.74, 6) is -1.48. The molecule has 0 bridgehead atoms. The number of aromatic nitrogens is 4. The van der Waals surface area contributed by atoms with Gasteiger partial charge in [-0.3, -0.25) is 0 Å². The van der Waals surface area contributed by atoms with E-state index in [9.17, 15) is 13.9 Å². The second kappa shape index (κ2) is 5.18. The number of aliphatic hydroxyl groups is 1. The minimum Gasteiger partial charge on any atom is -0.392 e. The van der Waals surface area contributed by atoms with Gasteiger partial charge < -0.3 is 5.11 Å². The zero-order valence-electron chi connectivity index (χ0n) is 9.72. The predicted molar refractivity (Wildman–Crippen MR) is 58.6 cm³/mol. The van der Waals surface area contributed by atoms with Crippen LogP contribution >= 0.6 is 0 Å². The average molecular weight is 254 g/mol. The van der Waals surface area contributed by atoms with Crippen LogP contribution in [0.15, 0.2) is 18.2 Å². The van der Waals surface area contributed by atoms with Crippen LogP contribution in [0.1, 0.15) is 11.4 Å². The fraction of sp³-hybridized carbons (Fsp3) is 0.364. The van der Waals surface area contributed by atoms with Crippen molar-refractivity contribution in [2.45, 2.75) is 18.9 Å². The van der Waals surface area contributed by atoms with Crippen LogP contribution < -0.4 is 0 Å². The lowest BCUT2D eigenvalue weighted by atomic mass is 10.0. The van der Waals surface area contributed by atoms with Gasteiger partial charge in [0.05, 0.1) is 13.2 Å². The summed E-state index contributed by atoms with van der Waals surface area (Å²) in [6.45, 7) is 0. The van der Waals surface area contributed by atoms with Crippen LogP contribution in [-0.2, 0) is 19.9 Å². The van der Waals surface area contributed by atoms with E-state index in [0.29, 0.717) is 5.82 Å². The first-order valence-corrected chi connectivity index (χ1v) is 5.40. The number of hydrogen-bond acceptors (Lipinski definition) is 4. The molecule has 0 fully saturated rings. The molecule has 96 valence electrons. The van der Waals surface area contributed by atoms with Gasteiger partial charge in [-0.05, 0) is 16.8 Å². The van der Waals surface area contributed by atoms with Crippen LogP contribution in [0.5, 0.6) is 0 Å². The van der Waals surface area contributed by atoms with Crippen molar-refractivity contribution in [3.8, 4) is 0 Å². The second-order valence-corrected chi connectivity index (χ2v) is 3.97. The third-order valence-corrected chi connectivity index (χ3v) is 2.46. The lowest BCUT2D eigenvalue weighted by Gasteiger charge is -2.09. The summed E-state index contributed by atoms with van der Waals surface area (Å²) in [5, 5.41) is 21.0. The van der Waals surface area contributed by atoms with E-state index in [1.165, 1.54) is 16.9 Å². The lowest BCUT2D eigenvalue weighted by molar-refractivity contribution is 0.171. The fourth-order valence-electron chi connectivity index (χ4n) is 1.65. The molecule has 7 heteroatoms. The number of tetrazole rings is 1. The molecule has 1 aromatic carbocycles. The molecule has 1 heterocycles. The van der Waals surface area contributed by atoms with E-state index < -0.39 is 17.7 Å². The van der Waals surface area contributed by atoms with E-state index in [1.54, 1.807) is 7.05 Å². The van der Waals surface area contributed by atoms with Gasteiger partial charge in [0, 0.05) is 12.8 Å². The van der Waals surface area contributed by atoms with Crippen molar-refractivity contribution in [3.63, 3.8) is 0 Å². The van der Waals surface area contributed by atoms with Gasteiger partial charge in [0.1, 0.15) is 0 Å². The normalized spacial score (nSPS) is 12.7. The van der Waals surface area contributed by atoms with Crippen LogP contribution in [-0.4, -0.2) is 31.4 Å². The van der Waals surface area contributed by atoms with Crippen molar-refractivity contribution in [1.82, 2.24) is 20.2 Å². The van der Waals surface area contributed by atoms with E-state index in [1.807, 2.05) is 0 Å². The molecule has 0 amide bonds. The second-order valence-electron chi connectivity index (χ2n) is 3.97. The number of hydrogen-bond donors (Lipinski definition) is 1. The van der Waals surface area contributed by atoms with Crippen molar-refractivity contribution in [1.29, 1.82) is 0 Å². The molecule has 0 aliphatic carbocycles.